The highest BCUT2D eigenvalue weighted by atomic mass is 32.1. The lowest BCUT2D eigenvalue weighted by Gasteiger charge is -2.47. The van der Waals surface area contributed by atoms with Crippen LogP contribution in [0.15, 0.2) is 36.4 Å². The van der Waals surface area contributed by atoms with Crippen LogP contribution in [0.4, 0.5) is 11.4 Å². The van der Waals surface area contributed by atoms with Crippen molar-refractivity contribution in [2.75, 3.05) is 36.9 Å². The summed E-state index contributed by atoms with van der Waals surface area (Å²) in [7, 11) is 1.85. The number of thiophene rings is 1. The molecule has 2 bridgehead atoms. The molecule has 3 saturated heterocycles. The molecule has 6 rings (SSSR count). The van der Waals surface area contributed by atoms with E-state index in [4.69, 9.17) is 0 Å². The van der Waals surface area contributed by atoms with Gasteiger partial charge in [0.15, 0.2) is 0 Å². The number of pyridine rings is 1. The van der Waals surface area contributed by atoms with Crippen LogP contribution in [0, 0.1) is 6.92 Å². The Bertz CT molecular complexity index is 1090. The second kappa shape index (κ2) is 8.48. The van der Waals surface area contributed by atoms with Crippen molar-refractivity contribution in [1.29, 1.82) is 0 Å². The highest BCUT2D eigenvalue weighted by Crippen LogP contribution is 2.34. The first-order chi connectivity index (χ1) is 15.1. The van der Waals surface area contributed by atoms with Gasteiger partial charge < -0.3 is 20.9 Å². The minimum absolute atomic E-state index is 0.0431. The van der Waals surface area contributed by atoms with Gasteiger partial charge in [-0.15, -0.1) is 11.3 Å². The molecule has 0 aliphatic carbocycles. The number of fused-ring (bicyclic) bond motifs is 4. The van der Waals surface area contributed by atoms with Gasteiger partial charge in [0.2, 0.25) is 0 Å². The number of hydrogen-bond acceptors (Lipinski definition) is 6. The van der Waals surface area contributed by atoms with Crippen LogP contribution in [0.1, 0.15) is 33.8 Å². The van der Waals surface area contributed by atoms with E-state index in [1.54, 1.807) is 0 Å². The maximum absolute atomic E-state index is 12.8. The lowest BCUT2D eigenvalue weighted by atomic mass is 9.92. The van der Waals surface area contributed by atoms with Crippen LogP contribution < -0.4 is 20.9 Å². The average Bonchev–Trinajstić information content (AvgIpc) is 3.18. The first-order valence-corrected chi connectivity index (χ1v) is 11.9. The minimum Gasteiger partial charge on any atom is -0.386 e. The number of amides is 1. The summed E-state index contributed by atoms with van der Waals surface area (Å²) in [5.41, 5.74) is 4.38. The van der Waals surface area contributed by atoms with Crippen molar-refractivity contribution in [2.24, 2.45) is 0 Å². The minimum atomic E-state index is -0.0431. The van der Waals surface area contributed by atoms with Gasteiger partial charge >= 0.3 is 0 Å². The smallest absolute Gasteiger partial charge is 0.263 e. The quantitative estimate of drug-likeness (QED) is 0.552. The van der Waals surface area contributed by atoms with E-state index in [0.29, 0.717) is 23.5 Å². The van der Waals surface area contributed by atoms with Crippen molar-refractivity contribution in [3.8, 4) is 0 Å². The second-order valence-corrected chi connectivity index (χ2v) is 9.52. The second-order valence-electron chi connectivity index (χ2n) is 8.52. The normalized spacial score (nSPS) is 20.3. The number of benzene rings is 1. The molecule has 2 atom stereocenters. The summed E-state index contributed by atoms with van der Waals surface area (Å²) in [5, 5.41) is 10.9. The molecule has 31 heavy (non-hydrogen) atoms. The molecule has 0 saturated carbocycles. The van der Waals surface area contributed by atoms with Crippen LogP contribution in [-0.2, 0) is 6.42 Å². The third-order valence-corrected chi connectivity index (χ3v) is 7.56. The largest absolute Gasteiger partial charge is 0.386 e. The van der Waals surface area contributed by atoms with Crippen LogP contribution in [-0.4, -0.2) is 49.7 Å². The molecule has 3 N–H and O–H groups in total. The topological polar surface area (TPSA) is 69.3 Å². The molecular weight excluding hydrogens is 406 g/mol. The number of nitrogens with zero attached hydrogens (tertiary/aromatic N) is 2. The van der Waals surface area contributed by atoms with Crippen LogP contribution in [0.25, 0.3) is 10.2 Å². The first-order valence-electron chi connectivity index (χ1n) is 11.1. The van der Waals surface area contributed by atoms with Crippen molar-refractivity contribution in [1.82, 2.24) is 15.6 Å². The Morgan fingerprint density at radius 3 is 2.74 bits per heavy atom. The zero-order valence-electron chi connectivity index (χ0n) is 18.1. The van der Waals surface area contributed by atoms with E-state index in [-0.39, 0.29) is 5.91 Å². The Hall–Kier alpha value is -2.64. The number of hydrogen-bond donors (Lipinski definition) is 3. The van der Waals surface area contributed by atoms with Crippen LogP contribution >= 0.6 is 11.3 Å². The molecule has 3 aliphatic rings. The number of piperidine rings is 2. The Balaban J connectivity index is 1.20. The standard InChI is InChI=1S/C24H29N5OS/c1-15-3-10-20-21(25-2)22(31-24(20)28-15)23(30)26-12-11-16-4-7-18(8-5-16)29-14-17-6-9-19(29)13-27-17/h3-5,7-8,10,17,19,25,27H,6,9,11-14H2,1-2H3,(H,26,30). The van der Waals surface area contributed by atoms with E-state index < -0.39 is 0 Å². The molecule has 5 heterocycles. The molecule has 3 fully saturated rings. The van der Waals surface area contributed by atoms with Crippen molar-refractivity contribution in [3.63, 3.8) is 0 Å². The number of rotatable bonds is 6. The molecule has 0 spiro atoms. The van der Waals surface area contributed by atoms with Crippen LogP contribution in [0.2, 0.25) is 0 Å². The Labute approximate surface area is 187 Å². The van der Waals surface area contributed by atoms with Gasteiger partial charge in [-0.05, 0) is 56.0 Å². The summed E-state index contributed by atoms with van der Waals surface area (Å²) in [6, 6.07) is 14.1. The van der Waals surface area contributed by atoms with E-state index in [2.05, 4.69) is 50.1 Å². The summed E-state index contributed by atoms with van der Waals surface area (Å²) >= 11 is 1.44. The Kier molecular flexibility index (Phi) is 5.54. The zero-order chi connectivity index (χ0) is 21.4. The molecule has 162 valence electrons. The van der Waals surface area contributed by atoms with E-state index in [1.165, 1.54) is 35.4 Å². The van der Waals surface area contributed by atoms with Gasteiger partial charge in [0.25, 0.3) is 5.91 Å². The van der Waals surface area contributed by atoms with E-state index in [0.717, 1.165) is 41.1 Å². The number of carbonyl (C=O) groups is 1. The maximum atomic E-state index is 12.8. The SMILES string of the molecule is CNc1c(C(=O)NCCc2ccc(N3CC4CCC3CN4)cc2)sc2nc(C)ccc12. The monoisotopic (exact) mass is 435 g/mol. The molecule has 3 aromatic rings. The Morgan fingerprint density at radius 2 is 2.06 bits per heavy atom. The molecular formula is C24H29N5OS. The highest BCUT2D eigenvalue weighted by Gasteiger charge is 2.33. The van der Waals surface area contributed by atoms with Gasteiger partial charge in [0.1, 0.15) is 9.71 Å². The molecule has 1 aromatic carbocycles. The number of nitrogens with one attached hydrogen (secondary N) is 3. The number of piperazine rings is 1. The van der Waals surface area contributed by atoms with E-state index in [9.17, 15) is 4.79 Å². The van der Waals surface area contributed by atoms with Gasteiger partial charge in [-0.2, -0.15) is 0 Å². The third-order valence-electron chi connectivity index (χ3n) is 6.47. The molecule has 0 radical (unpaired) electrons. The zero-order valence-corrected chi connectivity index (χ0v) is 18.9. The molecule has 7 heteroatoms. The van der Waals surface area contributed by atoms with Crippen molar-refractivity contribution >= 4 is 38.8 Å². The van der Waals surface area contributed by atoms with E-state index in [1.807, 2.05) is 26.1 Å². The summed E-state index contributed by atoms with van der Waals surface area (Å²) in [6.45, 7) is 4.79. The van der Waals surface area contributed by atoms with Crippen molar-refractivity contribution < 1.29 is 4.79 Å². The summed E-state index contributed by atoms with van der Waals surface area (Å²) < 4.78 is 0. The number of aryl methyl sites for hydroxylation is 1. The lowest BCUT2D eigenvalue weighted by Crippen LogP contribution is -2.61. The predicted octanol–water partition coefficient (Wildman–Crippen LogP) is 3.56. The number of aromatic nitrogens is 1. The fourth-order valence-electron chi connectivity index (χ4n) is 4.76. The molecule has 2 aromatic heterocycles. The number of carbonyl (C=O) groups excluding carboxylic acids is 1. The van der Waals surface area contributed by atoms with Crippen molar-refractivity contribution in [2.45, 2.75) is 38.3 Å². The Morgan fingerprint density at radius 1 is 1.23 bits per heavy atom. The molecule has 2 unspecified atom stereocenters. The third kappa shape index (κ3) is 4.00. The van der Waals surface area contributed by atoms with Gasteiger partial charge in [-0.3, -0.25) is 4.79 Å². The molecule has 6 nitrogen and oxygen atoms in total. The average molecular weight is 436 g/mol. The summed E-state index contributed by atoms with van der Waals surface area (Å²) in [5.74, 6) is -0.0431. The lowest BCUT2D eigenvalue weighted by molar-refractivity contribution is 0.0959. The molecule has 1 amide bonds. The fraction of sp³-hybridized carbons (Fsp3) is 0.417. The predicted molar refractivity (Wildman–Crippen MR) is 129 cm³/mol. The highest BCUT2D eigenvalue weighted by molar-refractivity contribution is 7.21. The molecule has 3 aliphatic heterocycles. The summed E-state index contributed by atoms with van der Waals surface area (Å²) in [4.78, 5) is 21.5. The van der Waals surface area contributed by atoms with Crippen LogP contribution in [0.3, 0.4) is 0 Å². The van der Waals surface area contributed by atoms with Gasteiger partial charge in [0, 0.05) is 55.5 Å². The van der Waals surface area contributed by atoms with Gasteiger partial charge in [0.05, 0.1) is 5.69 Å². The van der Waals surface area contributed by atoms with Crippen molar-refractivity contribution in [3.05, 3.63) is 52.5 Å². The first kappa shape index (κ1) is 20.3. The maximum Gasteiger partial charge on any atom is 0.263 e. The number of anilines is 2. The fourth-order valence-corrected chi connectivity index (χ4v) is 5.90. The van der Waals surface area contributed by atoms with Gasteiger partial charge in [-0.25, -0.2) is 4.98 Å². The summed E-state index contributed by atoms with van der Waals surface area (Å²) in [6.07, 6.45) is 3.40. The van der Waals surface area contributed by atoms with Crippen LogP contribution in [0.5, 0.6) is 0 Å². The van der Waals surface area contributed by atoms with Gasteiger partial charge in [-0.1, -0.05) is 12.1 Å². The van der Waals surface area contributed by atoms with E-state index >= 15 is 0 Å².